The highest BCUT2D eigenvalue weighted by atomic mass is 35.5. The molecule has 96 valence electrons. The molecule has 3 N–H and O–H groups in total. The number of halogens is 3. The summed E-state index contributed by atoms with van der Waals surface area (Å²) in [7, 11) is 0. The first-order valence-corrected chi connectivity index (χ1v) is 6.11. The lowest BCUT2D eigenvalue weighted by atomic mass is 10.3. The zero-order chi connectivity index (χ0) is 13.3. The van der Waals surface area contributed by atoms with E-state index in [-0.39, 0.29) is 12.1 Å². The second kappa shape index (κ2) is 5.32. The first-order chi connectivity index (χ1) is 8.47. The van der Waals surface area contributed by atoms with Crippen molar-refractivity contribution in [1.82, 2.24) is 10.2 Å². The Hall–Kier alpha value is -1.01. The van der Waals surface area contributed by atoms with Gasteiger partial charge < -0.3 is 15.5 Å². The molecule has 0 fully saturated rings. The second-order valence-corrected chi connectivity index (χ2v) is 4.85. The van der Waals surface area contributed by atoms with Gasteiger partial charge in [-0.25, -0.2) is 0 Å². The van der Waals surface area contributed by atoms with Gasteiger partial charge in [0.1, 0.15) is 0 Å². The first kappa shape index (κ1) is 13.4. The molecule has 1 heterocycles. The molecule has 0 amide bonds. The van der Waals surface area contributed by atoms with Crippen molar-refractivity contribution in [3.05, 3.63) is 33.1 Å². The standard InChI is InChI=1S/C10H9Cl3N4O/c1-4(14)9-16-17-10(18-9)15-8-6(12)2-5(11)3-7(8)13/h2-4H,14H2,1H3,(H,15,17). The largest absolute Gasteiger partial charge is 0.406 e. The summed E-state index contributed by atoms with van der Waals surface area (Å²) in [5.41, 5.74) is 6.05. The molecule has 1 unspecified atom stereocenters. The predicted molar refractivity (Wildman–Crippen MR) is 71.7 cm³/mol. The summed E-state index contributed by atoms with van der Waals surface area (Å²) in [6.07, 6.45) is 0. The lowest BCUT2D eigenvalue weighted by Crippen LogP contribution is -2.04. The van der Waals surface area contributed by atoms with Gasteiger partial charge in [-0.1, -0.05) is 39.9 Å². The van der Waals surface area contributed by atoms with Crippen LogP contribution in [0.4, 0.5) is 11.7 Å². The smallest absolute Gasteiger partial charge is 0.320 e. The number of nitrogens with one attached hydrogen (secondary N) is 1. The van der Waals surface area contributed by atoms with Crippen LogP contribution in [0.15, 0.2) is 16.5 Å². The van der Waals surface area contributed by atoms with Crippen LogP contribution in [-0.2, 0) is 0 Å². The molecule has 1 aromatic heterocycles. The van der Waals surface area contributed by atoms with E-state index in [1.54, 1.807) is 19.1 Å². The molecule has 0 saturated heterocycles. The minimum Gasteiger partial charge on any atom is -0.406 e. The number of nitrogens with two attached hydrogens (primary N) is 1. The number of hydrogen-bond donors (Lipinski definition) is 2. The molecule has 2 rings (SSSR count). The van der Waals surface area contributed by atoms with Crippen LogP contribution in [0.2, 0.25) is 15.1 Å². The van der Waals surface area contributed by atoms with Crippen LogP contribution in [0.1, 0.15) is 18.9 Å². The average Bonchev–Trinajstić information content (AvgIpc) is 2.71. The van der Waals surface area contributed by atoms with E-state index in [0.29, 0.717) is 26.6 Å². The highest BCUT2D eigenvalue weighted by Crippen LogP contribution is 2.35. The minimum absolute atomic E-state index is 0.161. The molecule has 8 heteroatoms. The van der Waals surface area contributed by atoms with Crippen molar-refractivity contribution >= 4 is 46.5 Å². The van der Waals surface area contributed by atoms with Gasteiger partial charge in [-0.15, -0.1) is 5.10 Å². The Bertz CT molecular complexity index is 547. The van der Waals surface area contributed by atoms with Crippen LogP contribution in [-0.4, -0.2) is 10.2 Å². The maximum absolute atomic E-state index is 6.01. The summed E-state index contributed by atoms with van der Waals surface area (Å²) < 4.78 is 5.28. The van der Waals surface area contributed by atoms with Gasteiger partial charge in [-0.2, -0.15) is 0 Å². The fourth-order valence-electron chi connectivity index (χ4n) is 1.24. The van der Waals surface area contributed by atoms with E-state index in [4.69, 9.17) is 45.0 Å². The van der Waals surface area contributed by atoms with Crippen molar-refractivity contribution in [3.8, 4) is 0 Å². The Labute approximate surface area is 118 Å². The molecule has 0 aliphatic rings. The molecule has 0 saturated carbocycles. The number of aromatic nitrogens is 2. The van der Waals surface area contributed by atoms with Crippen molar-refractivity contribution in [2.24, 2.45) is 5.73 Å². The molecule has 1 atom stereocenters. The molecule has 0 bridgehead atoms. The van der Waals surface area contributed by atoms with Crippen LogP contribution in [0.5, 0.6) is 0 Å². The zero-order valence-electron chi connectivity index (χ0n) is 9.25. The Morgan fingerprint density at radius 2 is 1.83 bits per heavy atom. The Kier molecular flexibility index (Phi) is 3.97. The number of nitrogens with zero attached hydrogens (tertiary/aromatic N) is 2. The van der Waals surface area contributed by atoms with Crippen LogP contribution < -0.4 is 11.1 Å². The number of rotatable bonds is 3. The van der Waals surface area contributed by atoms with Crippen molar-refractivity contribution in [2.75, 3.05) is 5.32 Å². The molecular weight excluding hydrogens is 298 g/mol. The molecule has 1 aromatic carbocycles. The van der Waals surface area contributed by atoms with E-state index in [2.05, 4.69) is 15.5 Å². The average molecular weight is 308 g/mol. The van der Waals surface area contributed by atoms with Gasteiger partial charge in [0.15, 0.2) is 0 Å². The van der Waals surface area contributed by atoms with Crippen LogP contribution >= 0.6 is 34.8 Å². The Morgan fingerprint density at radius 1 is 1.22 bits per heavy atom. The van der Waals surface area contributed by atoms with Gasteiger partial charge >= 0.3 is 6.01 Å². The summed E-state index contributed by atoms with van der Waals surface area (Å²) in [5.74, 6) is 0.318. The summed E-state index contributed by atoms with van der Waals surface area (Å²) in [4.78, 5) is 0. The van der Waals surface area contributed by atoms with Crippen LogP contribution in [0.3, 0.4) is 0 Å². The summed E-state index contributed by atoms with van der Waals surface area (Å²) in [6, 6.07) is 2.93. The lowest BCUT2D eigenvalue weighted by molar-refractivity contribution is 0.475. The van der Waals surface area contributed by atoms with Crippen molar-refractivity contribution in [1.29, 1.82) is 0 Å². The number of benzene rings is 1. The molecule has 0 spiro atoms. The molecule has 2 aromatic rings. The third-order valence-electron chi connectivity index (χ3n) is 2.07. The fraction of sp³-hybridized carbons (Fsp3) is 0.200. The normalized spacial score (nSPS) is 12.5. The Morgan fingerprint density at radius 3 is 2.33 bits per heavy atom. The predicted octanol–water partition coefficient (Wildman–Crippen LogP) is 3.79. The molecule has 18 heavy (non-hydrogen) atoms. The maximum atomic E-state index is 6.01. The molecule has 0 aliphatic carbocycles. The van der Waals surface area contributed by atoms with Gasteiger partial charge in [0, 0.05) is 5.02 Å². The van der Waals surface area contributed by atoms with Crippen LogP contribution in [0, 0.1) is 0 Å². The van der Waals surface area contributed by atoms with Gasteiger partial charge in [0.05, 0.1) is 21.8 Å². The third-order valence-corrected chi connectivity index (χ3v) is 2.88. The SMILES string of the molecule is CC(N)c1nnc(Nc2c(Cl)cc(Cl)cc2Cl)o1. The monoisotopic (exact) mass is 306 g/mol. The molecule has 5 nitrogen and oxygen atoms in total. The first-order valence-electron chi connectivity index (χ1n) is 4.98. The van der Waals surface area contributed by atoms with Crippen molar-refractivity contribution in [3.63, 3.8) is 0 Å². The fourth-order valence-corrected chi connectivity index (χ4v) is 2.15. The number of hydrogen-bond acceptors (Lipinski definition) is 5. The molecule has 0 aliphatic heterocycles. The van der Waals surface area contributed by atoms with E-state index < -0.39 is 0 Å². The van der Waals surface area contributed by atoms with E-state index in [1.807, 2.05) is 0 Å². The molecule has 0 radical (unpaired) electrons. The third kappa shape index (κ3) is 2.87. The van der Waals surface area contributed by atoms with Crippen molar-refractivity contribution < 1.29 is 4.42 Å². The quantitative estimate of drug-likeness (QED) is 0.902. The van der Waals surface area contributed by atoms with Crippen molar-refractivity contribution in [2.45, 2.75) is 13.0 Å². The van der Waals surface area contributed by atoms with Gasteiger partial charge in [-0.05, 0) is 19.1 Å². The number of anilines is 2. The summed E-state index contributed by atoms with van der Waals surface area (Å²) in [6.45, 7) is 1.74. The van der Waals surface area contributed by atoms with E-state index in [1.165, 1.54) is 0 Å². The Balaban J connectivity index is 2.28. The lowest BCUT2D eigenvalue weighted by Gasteiger charge is -2.07. The highest BCUT2D eigenvalue weighted by molar-refractivity contribution is 6.41. The van der Waals surface area contributed by atoms with E-state index >= 15 is 0 Å². The van der Waals surface area contributed by atoms with Gasteiger partial charge in [-0.3, -0.25) is 0 Å². The highest BCUT2D eigenvalue weighted by Gasteiger charge is 2.13. The maximum Gasteiger partial charge on any atom is 0.320 e. The van der Waals surface area contributed by atoms with Crippen LogP contribution in [0.25, 0.3) is 0 Å². The zero-order valence-corrected chi connectivity index (χ0v) is 11.5. The topological polar surface area (TPSA) is 77.0 Å². The van der Waals surface area contributed by atoms with Gasteiger partial charge in [0.2, 0.25) is 5.89 Å². The van der Waals surface area contributed by atoms with Gasteiger partial charge in [0.25, 0.3) is 0 Å². The second-order valence-electron chi connectivity index (χ2n) is 3.60. The van der Waals surface area contributed by atoms with E-state index in [0.717, 1.165) is 0 Å². The summed E-state index contributed by atoms with van der Waals surface area (Å²) >= 11 is 17.8. The minimum atomic E-state index is -0.343. The molecular formula is C10H9Cl3N4O. The summed E-state index contributed by atoms with van der Waals surface area (Å²) in [5, 5.41) is 11.5. The van der Waals surface area contributed by atoms with E-state index in [9.17, 15) is 0 Å².